The van der Waals surface area contributed by atoms with Crippen LogP contribution in [0, 0.1) is 13.8 Å². The summed E-state index contributed by atoms with van der Waals surface area (Å²) in [6, 6.07) is 6.53. The molecule has 0 spiro atoms. The molecule has 1 heterocycles. The number of anilines is 1. The zero-order valence-electron chi connectivity index (χ0n) is 12.4. The van der Waals surface area contributed by atoms with Gasteiger partial charge in [-0.25, -0.2) is 4.68 Å². The first-order valence-electron chi connectivity index (χ1n) is 6.54. The highest BCUT2D eigenvalue weighted by Gasteiger charge is 2.24. The number of nitrogen functional groups attached to an aromatic ring is 1. The second-order valence-corrected chi connectivity index (χ2v) is 6.23. The van der Waals surface area contributed by atoms with Crippen LogP contribution >= 0.6 is 0 Å². The number of nitrogens with two attached hydrogens (primary N) is 1. The van der Waals surface area contributed by atoms with Gasteiger partial charge in [-0.15, -0.1) is 5.10 Å². The Labute approximate surface area is 114 Å². The third-order valence-electron chi connectivity index (χ3n) is 3.09. The predicted molar refractivity (Wildman–Crippen MR) is 78.2 cm³/mol. The fourth-order valence-electron chi connectivity index (χ4n) is 2.54. The van der Waals surface area contributed by atoms with Gasteiger partial charge in [-0.3, -0.25) is 0 Å². The zero-order chi connectivity index (χ0) is 14.2. The summed E-state index contributed by atoms with van der Waals surface area (Å²) in [4.78, 5) is 0. The molecule has 2 rings (SSSR count). The van der Waals surface area contributed by atoms with Crippen molar-refractivity contribution in [1.82, 2.24) is 15.0 Å². The van der Waals surface area contributed by atoms with Crippen molar-refractivity contribution in [3.63, 3.8) is 0 Å². The van der Waals surface area contributed by atoms with Crippen molar-refractivity contribution in [2.24, 2.45) is 0 Å². The molecule has 0 aliphatic carbocycles. The summed E-state index contributed by atoms with van der Waals surface area (Å²) in [5.41, 5.74) is 10.6. The van der Waals surface area contributed by atoms with Crippen LogP contribution in [0.3, 0.4) is 0 Å². The van der Waals surface area contributed by atoms with Gasteiger partial charge < -0.3 is 5.73 Å². The molecule has 0 saturated carbocycles. The number of aromatic nitrogens is 3. The predicted octanol–water partition coefficient (Wildman–Crippen LogP) is 2.82. The molecular formula is C15H22N4. The van der Waals surface area contributed by atoms with Gasteiger partial charge in [0.05, 0.1) is 12.2 Å². The molecule has 102 valence electrons. The van der Waals surface area contributed by atoms with Gasteiger partial charge in [0.1, 0.15) is 0 Å². The monoisotopic (exact) mass is 258 g/mol. The molecule has 0 fully saturated rings. The molecule has 0 unspecified atom stereocenters. The molecule has 4 nitrogen and oxygen atoms in total. The molecular weight excluding hydrogens is 236 g/mol. The average molecular weight is 258 g/mol. The number of benzene rings is 1. The zero-order valence-corrected chi connectivity index (χ0v) is 12.4. The Hall–Kier alpha value is -1.84. The van der Waals surface area contributed by atoms with Gasteiger partial charge in [0.25, 0.3) is 0 Å². The first kappa shape index (κ1) is 13.6. The molecule has 0 radical (unpaired) electrons. The molecule has 4 heteroatoms. The number of hydrogen-bond donors (Lipinski definition) is 1. The standard InChI is InChI=1S/C15H22N4/c1-10-6-11(2)8-12(7-10)9-19-13(15(3,4)5)14(16)17-18-19/h6-8H,9,16H2,1-5H3. The van der Waals surface area contributed by atoms with E-state index < -0.39 is 0 Å². The fourth-order valence-corrected chi connectivity index (χ4v) is 2.54. The molecule has 2 aromatic rings. The van der Waals surface area contributed by atoms with Crippen LogP contribution in [0.1, 0.15) is 43.2 Å². The molecule has 0 saturated heterocycles. The third kappa shape index (κ3) is 2.95. The van der Waals surface area contributed by atoms with Crippen molar-refractivity contribution in [2.45, 2.75) is 46.6 Å². The lowest BCUT2D eigenvalue weighted by Crippen LogP contribution is -2.20. The van der Waals surface area contributed by atoms with E-state index in [1.807, 2.05) is 4.68 Å². The molecule has 1 aromatic heterocycles. The van der Waals surface area contributed by atoms with Crippen molar-refractivity contribution >= 4 is 5.82 Å². The third-order valence-corrected chi connectivity index (χ3v) is 3.09. The van der Waals surface area contributed by atoms with Crippen LogP contribution < -0.4 is 5.73 Å². The van der Waals surface area contributed by atoms with Gasteiger partial charge in [0.15, 0.2) is 5.82 Å². The van der Waals surface area contributed by atoms with E-state index in [-0.39, 0.29) is 5.41 Å². The Balaban J connectivity index is 2.39. The van der Waals surface area contributed by atoms with E-state index in [1.165, 1.54) is 16.7 Å². The highest BCUT2D eigenvalue weighted by Crippen LogP contribution is 2.26. The lowest BCUT2D eigenvalue weighted by atomic mass is 9.91. The second-order valence-electron chi connectivity index (χ2n) is 6.23. The van der Waals surface area contributed by atoms with Crippen LogP contribution in [0.5, 0.6) is 0 Å². The van der Waals surface area contributed by atoms with Gasteiger partial charge in [-0.2, -0.15) is 0 Å². The maximum Gasteiger partial charge on any atom is 0.169 e. The largest absolute Gasteiger partial charge is 0.381 e. The van der Waals surface area contributed by atoms with Gasteiger partial charge in [-0.05, 0) is 19.4 Å². The minimum absolute atomic E-state index is 0.0630. The molecule has 19 heavy (non-hydrogen) atoms. The van der Waals surface area contributed by atoms with E-state index in [4.69, 9.17) is 5.73 Å². The maximum atomic E-state index is 5.95. The van der Waals surface area contributed by atoms with E-state index in [0.29, 0.717) is 12.4 Å². The first-order valence-corrected chi connectivity index (χ1v) is 6.54. The SMILES string of the molecule is Cc1cc(C)cc(Cn2nnc(N)c2C(C)(C)C)c1. The fraction of sp³-hybridized carbons (Fsp3) is 0.467. The van der Waals surface area contributed by atoms with Crippen molar-refractivity contribution in [1.29, 1.82) is 0 Å². The summed E-state index contributed by atoms with van der Waals surface area (Å²) in [5, 5.41) is 8.19. The van der Waals surface area contributed by atoms with Gasteiger partial charge in [-0.1, -0.05) is 55.3 Å². The minimum Gasteiger partial charge on any atom is -0.381 e. The molecule has 0 amide bonds. The molecule has 0 bridgehead atoms. The second kappa shape index (κ2) is 4.68. The quantitative estimate of drug-likeness (QED) is 0.901. The Morgan fingerprint density at radius 3 is 2.21 bits per heavy atom. The number of aryl methyl sites for hydroxylation is 2. The van der Waals surface area contributed by atoms with Crippen molar-refractivity contribution < 1.29 is 0 Å². The molecule has 0 aliphatic rings. The van der Waals surface area contributed by atoms with Crippen LogP contribution in [0.25, 0.3) is 0 Å². The lowest BCUT2D eigenvalue weighted by molar-refractivity contribution is 0.502. The van der Waals surface area contributed by atoms with Gasteiger partial charge >= 0.3 is 0 Å². The number of nitrogens with zero attached hydrogens (tertiary/aromatic N) is 3. The van der Waals surface area contributed by atoms with Crippen LogP contribution in [0.2, 0.25) is 0 Å². The Morgan fingerprint density at radius 1 is 1.11 bits per heavy atom. The van der Waals surface area contributed by atoms with Crippen LogP contribution in [0.4, 0.5) is 5.82 Å². The van der Waals surface area contributed by atoms with Crippen molar-refractivity contribution in [3.05, 3.63) is 40.6 Å². The topological polar surface area (TPSA) is 56.7 Å². The van der Waals surface area contributed by atoms with E-state index in [9.17, 15) is 0 Å². The highest BCUT2D eigenvalue weighted by molar-refractivity contribution is 5.38. The summed E-state index contributed by atoms with van der Waals surface area (Å²) in [6.45, 7) is 11.3. The van der Waals surface area contributed by atoms with Gasteiger partial charge in [0.2, 0.25) is 0 Å². The van der Waals surface area contributed by atoms with E-state index in [2.05, 4.69) is 63.1 Å². The molecule has 1 aromatic carbocycles. The summed E-state index contributed by atoms with van der Waals surface area (Å²) in [5.74, 6) is 0.525. The number of hydrogen-bond acceptors (Lipinski definition) is 3. The van der Waals surface area contributed by atoms with Crippen molar-refractivity contribution in [2.75, 3.05) is 5.73 Å². The van der Waals surface area contributed by atoms with Crippen LogP contribution in [-0.2, 0) is 12.0 Å². The van der Waals surface area contributed by atoms with Crippen LogP contribution in [-0.4, -0.2) is 15.0 Å². The maximum absolute atomic E-state index is 5.95. The highest BCUT2D eigenvalue weighted by atomic mass is 15.4. The Kier molecular flexibility index (Phi) is 3.35. The normalized spacial score (nSPS) is 11.8. The summed E-state index contributed by atoms with van der Waals surface area (Å²) in [6.07, 6.45) is 0. The van der Waals surface area contributed by atoms with E-state index in [0.717, 1.165) is 5.69 Å². The lowest BCUT2D eigenvalue weighted by Gasteiger charge is -2.20. The van der Waals surface area contributed by atoms with Crippen molar-refractivity contribution in [3.8, 4) is 0 Å². The first-order chi connectivity index (χ1) is 8.77. The minimum atomic E-state index is -0.0630. The summed E-state index contributed by atoms with van der Waals surface area (Å²) >= 11 is 0. The Morgan fingerprint density at radius 2 is 1.68 bits per heavy atom. The summed E-state index contributed by atoms with van der Waals surface area (Å²) in [7, 11) is 0. The molecule has 0 atom stereocenters. The molecule has 2 N–H and O–H groups in total. The van der Waals surface area contributed by atoms with Crippen LogP contribution in [0.15, 0.2) is 18.2 Å². The van der Waals surface area contributed by atoms with E-state index >= 15 is 0 Å². The Bertz CT molecular complexity index is 570. The average Bonchev–Trinajstić information content (AvgIpc) is 2.57. The van der Waals surface area contributed by atoms with E-state index in [1.54, 1.807) is 0 Å². The smallest absolute Gasteiger partial charge is 0.169 e. The number of rotatable bonds is 2. The van der Waals surface area contributed by atoms with Gasteiger partial charge in [0, 0.05) is 5.41 Å². The molecule has 0 aliphatic heterocycles. The summed E-state index contributed by atoms with van der Waals surface area (Å²) < 4.78 is 1.91.